The fourth-order valence-corrected chi connectivity index (χ4v) is 2.56. The molecule has 3 rings (SSSR count). The molecule has 1 aromatic carbocycles. The molecule has 0 aliphatic carbocycles. The van der Waals surface area contributed by atoms with E-state index in [1.165, 1.54) is 0 Å². The molecule has 6 heteroatoms. The molecule has 0 aliphatic rings. The summed E-state index contributed by atoms with van der Waals surface area (Å²) in [6, 6.07) is 8.66. The Morgan fingerprint density at radius 2 is 2.09 bits per heavy atom. The van der Waals surface area contributed by atoms with Gasteiger partial charge in [-0.05, 0) is 25.8 Å². The van der Waals surface area contributed by atoms with Crippen molar-refractivity contribution in [3.05, 3.63) is 57.9 Å². The maximum atomic E-state index is 11.6. The summed E-state index contributed by atoms with van der Waals surface area (Å²) in [5.41, 5.74) is 5.25. The molecule has 2 aromatic heterocycles. The molecule has 115 valence electrons. The van der Waals surface area contributed by atoms with Crippen molar-refractivity contribution in [2.75, 3.05) is 0 Å². The number of hydrogen-bond donors (Lipinski definition) is 1. The van der Waals surface area contributed by atoms with Crippen LogP contribution >= 0.6 is 0 Å². The third kappa shape index (κ3) is 3.21. The average Bonchev–Trinajstić information content (AvgIpc) is 2.85. The van der Waals surface area contributed by atoms with Crippen molar-refractivity contribution in [1.82, 2.24) is 10.1 Å². The number of hydrogen-bond acceptors (Lipinski definition) is 4. The minimum absolute atomic E-state index is 0. The van der Waals surface area contributed by atoms with E-state index in [1.54, 1.807) is 6.92 Å². The second-order valence-corrected chi connectivity index (χ2v) is 5.34. The van der Waals surface area contributed by atoms with Crippen LogP contribution in [-0.4, -0.2) is 21.2 Å². The molecule has 5 nitrogen and oxygen atoms in total. The number of aryl methyl sites for hydroxylation is 3. The first-order valence-electron chi connectivity index (χ1n) is 6.93. The molecule has 3 aromatic rings. The quantitative estimate of drug-likeness (QED) is 0.702. The first-order valence-corrected chi connectivity index (χ1v) is 6.93. The van der Waals surface area contributed by atoms with Gasteiger partial charge in [-0.25, -0.2) is 9.78 Å². The van der Waals surface area contributed by atoms with Crippen molar-refractivity contribution >= 4 is 17.1 Å². The Morgan fingerprint density at radius 1 is 1.35 bits per heavy atom. The van der Waals surface area contributed by atoms with Gasteiger partial charge in [0.1, 0.15) is 11.2 Å². The number of carboxylic acid groups (broad SMARTS) is 1. The van der Waals surface area contributed by atoms with E-state index < -0.39 is 5.97 Å². The number of benzene rings is 1. The van der Waals surface area contributed by atoms with Crippen LogP contribution in [-0.2, 0) is 39.1 Å². The third-order valence-corrected chi connectivity index (χ3v) is 3.89. The summed E-state index contributed by atoms with van der Waals surface area (Å²) < 4.78 is 5.31. The molecule has 0 fully saturated rings. The molecule has 0 bridgehead atoms. The molecule has 0 aliphatic heterocycles. The van der Waals surface area contributed by atoms with E-state index in [4.69, 9.17) is 4.52 Å². The minimum atomic E-state index is -1.04. The van der Waals surface area contributed by atoms with Gasteiger partial charge in [0.05, 0.1) is 0 Å². The molecule has 1 radical (unpaired) electrons. The van der Waals surface area contributed by atoms with Gasteiger partial charge in [0.25, 0.3) is 0 Å². The number of rotatable bonds is 3. The van der Waals surface area contributed by atoms with Crippen molar-refractivity contribution in [1.29, 1.82) is 0 Å². The Bertz CT molecular complexity index is 887. The summed E-state index contributed by atoms with van der Waals surface area (Å²) in [5.74, 6) is -1.04. The molecule has 0 amide bonds. The average molecular weight is 384 g/mol. The summed E-state index contributed by atoms with van der Waals surface area (Å²) in [6.45, 7) is 5.58. The molecule has 0 unspecified atom stereocenters. The van der Waals surface area contributed by atoms with E-state index >= 15 is 0 Å². The molecule has 1 N–H and O–H groups in total. The van der Waals surface area contributed by atoms with Crippen LogP contribution in [0.2, 0.25) is 0 Å². The Morgan fingerprint density at radius 3 is 2.74 bits per heavy atom. The zero-order valence-corrected chi connectivity index (χ0v) is 16.0. The molecule has 0 spiro atoms. The number of carbonyl (C=O) groups is 1. The van der Waals surface area contributed by atoms with E-state index in [1.807, 2.05) is 32.0 Å². The van der Waals surface area contributed by atoms with Crippen molar-refractivity contribution in [3.63, 3.8) is 0 Å². The topological polar surface area (TPSA) is 76.2 Å². The molecule has 0 saturated heterocycles. The molecular weight excluding hydrogens is 369 g/mol. The van der Waals surface area contributed by atoms with E-state index in [-0.39, 0.29) is 38.4 Å². The molecule has 0 saturated carbocycles. The third-order valence-electron chi connectivity index (χ3n) is 3.89. The minimum Gasteiger partial charge on any atom is -0.477 e. The SMILES string of the molecule is Cc1c[c-]ccc1Cc1c(C(=O)O)nc2c(C)noc2c1C.[Y]. The van der Waals surface area contributed by atoms with Crippen LogP contribution in [0.15, 0.2) is 22.7 Å². The van der Waals surface area contributed by atoms with Crippen molar-refractivity contribution in [2.24, 2.45) is 0 Å². The van der Waals surface area contributed by atoms with Gasteiger partial charge >= 0.3 is 5.97 Å². The van der Waals surface area contributed by atoms with E-state index in [0.717, 1.165) is 16.7 Å². The number of carboxylic acids is 1. The first kappa shape index (κ1) is 17.8. The van der Waals surface area contributed by atoms with Crippen LogP contribution in [0.4, 0.5) is 0 Å². The second kappa shape index (κ2) is 6.89. The number of fused-ring (bicyclic) bond motifs is 1. The summed E-state index contributed by atoms with van der Waals surface area (Å²) in [7, 11) is 0. The fourth-order valence-electron chi connectivity index (χ4n) is 2.56. The van der Waals surface area contributed by atoms with E-state index in [9.17, 15) is 9.90 Å². The van der Waals surface area contributed by atoms with Crippen LogP contribution in [0.3, 0.4) is 0 Å². The summed E-state index contributed by atoms with van der Waals surface area (Å²) in [6.07, 6.45) is 0.483. The van der Waals surface area contributed by atoms with Gasteiger partial charge in [-0.3, -0.25) is 0 Å². The number of pyridine rings is 1. The molecular formula is C17H15N2O3Y-. The molecule has 2 heterocycles. The van der Waals surface area contributed by atoms with Gasteiger partial charge in [-0.2, -0.15) is 35.4 Å². The Hall–Kier alpha value is -1.59. The first-order chi connectivity index (χ1) is 10.5. The summed E-state index contributed by atoms with van der Waals surface area (Å²) >= 11 is 0. The Balaban J connectivity index is 0.00000192. The van der Waals surface area contributed by atoms with E-state index in [2.05, 4.69) is 16.2 Å². The van der Waals surface area contributed by atoms with Crippen LogP contribution < -0.4 is 0 Å². The van der Waals surface area contributed by atoms with Crippen LogP contribution in [0.1, 0.15) is 38.4 Å². The van der Waals surface area contributed by atoms with Crippen LogP contribution in [0.5, 0.6) is 0 Å². The number of aromatic carboxylic acids is 1. The fraction of sp³-hybridized carbons (Fsp3) is 0.235. The monoisotopic (exact) mass is 384 g/mol. The molecule has 0 atom stereocenters. The van der Waals surface area contributed by atoms with Gasteiger partial charge in [0.15, 0.2) is 11.3 Å². The van der Waals surface area contributed by atoms with Gasteiger partial charge < -0.3 is 9.63 Å². The van der Waals surface area contributed by atoms with Crippen LogP contribution in [0.25, 0.3) is 11.1 Å². The normalized spacial score (nSPS) is 10.6. The standard InChI is InChI=1S/C17H15N2O3.Y/c1-9-6-4-5-7-12(9)8-13-10(2)16-14(11(3)19-22-16)18-15(13)17(20)21;/h5-7H,8H2,1-3H3,(H,20,21);/q-1;. The van der Waals surface area contributed by atoms with Gasteiger partial charge in [-0.15, -0.1) is 0 Å². The molecule has 23 heavy (non-hydrogen) atoms. The zero-order chi connectivity index (χ0) is 15.9. The summed E-state index contributed by atoms with van der Waals surface area (Å²) in [5, 5.41) is 13.4. The van der Waals surface area contributed by atoms with Crippen molar-refractivity contribution in [3.8, 4) is 0 Å². The predicted octanol–water partition coefficient (Wildman–Crippen LogP) is 3.23. The van der Waals surface area contributed by atoms with Crippen molar-refractivity contribution in [2.45, 2.75) is 27.2 Å². The predicted molar refractivity (Wildman–Crippen MR) is 81.1 cm³/mol. The largest absolute Gasteiger partial charge is 0.477 e. The van der Waals surface area contributed by atoms with E-state index in [0.29, 0.717) is 28.8 Å². The van der Waals surface area contributed by atoms with Gasteiger partial charge in [0, 0.05) is 38.3 Å². The Labute approximate surface area is 159 Å². The maximum Gasteiger partial charge on any atom is 0.354 e. The van der Waals surface area contributed by atoms with Gasteiger partial charge in [-0.1, -0.05) is 12.1 Å². The van der Waals surface area contributed by atoms with Gasteiger partial charge in [0.2, 0.25) is 0 Å². The van der Waals surface area contributed by atoms with Crippen molar-refractivity contribution < 1.29 is 47.1 Å². The van der Waals surface area contributed by atoms with Crippen LogP contribution in [0, 0.1) is 26.8 Å². The smallest absolute Gasteiger partial charge is 0.354 e. The summed E-state index contributed by atoms with van der Waals surface area (Å²) in [4.78, 5) is 15.9. The number of aromatic nitrogens is 2. The Kier molecular flexibility index (Phi) is 5.32. The zero-order valence-electron chi connectivity index (χ0n) is 13.2. The second-order valence-electron chi connectivity index (χ2n) is 5.34. The maximum absolute atomic E-state index is 11.6. The number of nitrogens with zero attached hydrogens (tertiary/aromatic N) is 2.